The van der Waals surface area contributed by atoms with Crippen LogP contribution < -0.4 is 10.6 Å². The zero-order valence-corrected chi connectivity index (χ0v) is 15.8. The summed E-state index contributed by atoms with van der Waals surface area (Å²) in [7, 11) is 1.84. The first-order valence-corrected chi connectivity index (χ1v) is 9.59. The van der Waals surface area contributed by atoms with Crippen molar-refractivity contribution in [2.24, 2.45) is 7.05 Å². The highest BCUT2D eigenvalue weighted by Gasteiger charge is 2.21. The summed E-state index contributed by atoms with van der Waals surface area (Å²) in [6, 6.07) is 8.60. The number of hydrogen-bond donors (Lipinski definition) is 2. The highest BCUT2D eigenvalue weighted by Crippen LogP contribution is 2.23. The Morgan fingerprint density at radius 2 is 1.96 bits per heavy atom. The standard InChI is InChI=1S/C20H29N5O/c1-15-7-9-16(10-8-15)5-3-4-6-18(26)22-20-23-19(24-25(20)2)17-11-13-21-14-12-17/h7-10,17,21H,3-6,11-14H2,1-2H3,(H,22,23,24,26). The van der Waals surface area contributed by atoms with Gasteiger partial charge in [0.2, 0.25) is 11.9 Å². The lowest BCUT2D eigenvalue weighted by atomic mass is 9.98. The maximum absolute atomic E-state index is 12.2. The van der Waals surface area contributed by atoms with Crippen molar-refractivity contribution >= 4 is 11.9 Å². The van der Waals surface area contributed by atoms with Gasteiger partial charge in [-0.05, 0) is 57.7 Å². The molecular weight excluding hydrogens is 326 g/mol. The minimum Gasteiger partial charge on any atom is -0.317 e. The second-order valence-electron chi connectivity index (χ2n) is 7.18. The summed E-state index contributed by atoms with van der Waals surface area (Å²) < 4.78 is 1.68. The van der Waals surface area contributed by atoms with Crippen LogP contribution in [0.1, 0.15) is 55.0 Å². The fraction of sp³-hybridized carbons (Fsp3) is 0.550. The van der Waals surface area contributed by atoms with E-state index in [1.54, 1.807) is 4.68 Å². The molecule has 1 aromatic heterocycles. The molecule has 3 rings (SSSR count). The van der Waals surface area contributed by atoms with Gasteiger partial charge in [-0.3, -0.25) is 10.1 Å². The Balaban J connectivity index is 1.43. The monoisotopic (exact) mass is 355 g/mol. The molecule has 2 N–H and O–H groups in total. The van der Waals surface area contributed by atoms with Crippen LogP contribution in [0.15, 0.2) is 24.3 Å². The lowest BCUT2D eigenvalue weighted by Crippen LogP contribution is -2.27. The molecule has 0 saturated carbocycles. The number of nitrogens with one attached hydrogen (secondary N) is 2. The van der Waals surface area contributed by atoms with Crippen LogP contribution in [0.4, 0.5) is 5.95 Å². The SMILES string of the molecule is Cc1ccc(CCCCC(=O)Nc2nc(C3CCNCC3)nn2C)cc1. The van der Waals surface area contributed by atoms with Crippen LogP contribution in [0.25, 0.3) is 0 Å². The van der Waals surface area contributed by atoms with E-state index in [2.05, 4.69) is 51.9 Å². The molecule has 0 atom stereocenters. The number of unbranched alkanes of at least 4 members (excludes halogenated alkanes) is 1. The predicted octanol–water partition coefficient (Wildman–Crippen LogP) is 2.94. The van der Waals surface area contributed by atoms with E-state index in [0.29, 0.717) is 18.3 Å². The number of carbonyl (C=O) groups is 1. The summed E-state index contributed by atoms with van der Waals surface area (Å²) in [6.45, 7) is 4.11. The molecule has 26 heavy (non-hydrogen) atoms. The average molecular weight is 355 g/mol. The molecule has 0 unspecified atom stereocenters. The number of rotatable bonds is 7. The molecule has 1 aromatic carbocycles. The number of anilines is 1. The van der Waals surface area contributed by atoms with E-state index in [9.17, 15) is 4.79 Å². The third-order valence-corrected chi connectivity index (χ3v) is 4.97. The van der Waals surface area contributed by atoms with E-state index in [4.69, 9.17) is 0 Å². The topological polar surface area (TPSA) is 71.8 Å². The first-order valence-electron chi connectivity index (χ1n) is 9.59. The van der Waals surface area contributed by atoms with Crippen molar-refractivity contribution in [3.05, 3.63) is 41.2 Å². The zero-order valence-electron chi connectivity index (χ0n) is 15.8. The Morgan fingerprint density at radius 1 is 1.23 bits per heavy atom. The van der Waals surface area contributed by atoms with Crippen molar-refractivity contribution in [3.8, 4) is 0 Å². The summed E-state index contributed by atoms with van der Waals surface area (Å²) in [5, 5.41) is 10.8. The van der Waals surface area contributed by atoms with Crippen LogP contribution in [0.3, 0.4) is 0 Å². The molecule has 1 aliphatic rings. The largest absolute Gasteiger partial charge is 0.317 e. The lowest BCUT2D eigenvalue weighted by molar-refractivity contribution is -0.116. The number of carbonyl (C=O) groups excluding carboxylic acids is 1. The number of amides is 1. The third kappa shape index (κ3) is 5.14. The van der Waals surface area contributed by atoms with Gasteiger partial charge in [0.15, 0.2) is 5.82 Å². The number of aromatic nitrogens is 3. The van der Waals surface area contributed by atoms with E-state index in [0.717, 1.165) is 51.0 Å². The van der Waals surface area contributed by atoms with E-state index in [1.807, 2.05) is 7.05 Å². The van der Waals surface area contributed by atoms with Gasteiger partial charge in [-0.2, -0.15) is 10.1 Å². The molecule has 2 aromatic rings. The maximum Gasteiger partial charge on any atom is 0.227 e. The normalized spacial score (nSPS) is 15.2. The smallest absolute Gasteiger partial charge is 0.227 e. The van der Waals surface area contributed by atoms with Crippen molar-refractivity contribution in [1.29, 1.82) is 0 Å². The lowest BCUT2D eigenvalue weighted by Gasteiger charge is -2.19. The minimum absolute atomic E-state index is 0.0151. The molecule has 0 bridgehead atoms. The number of piperidine rings is 1. The zero-order chi connectivity index (χ0) is 18.4. The van der Waals surface area contributed by atoms with E-state index in [1.165, 1.54) is 11.1 Å². The van der Waals surface area contributed by atoms with E-state index < -0.39 is 0 Å². The van der Waals surface area contributed by atoms with Gasteiger partial charge < -0.3 is 5.32 Å². The van der Waals surface area contributed by atoms with Crippen LogP contribution in [-0.4, -0.2) is 33.8 Å². The van der Waals surface area contributed by atoms with Gasteiger partial charge in [0.25, 0.3) is 0 Å². The van der Waals surface area contributed by atoms with Crippen molar-refractivity contribution < 1.29 is 4.79 Å². The second-order valence-corrected chi connectivity index (χ2v) is 7.18. The quantitative estimate of drug-likeness (QED) is 0.749. The molecular formula is C20H29N5O. The molecule has 1 amide bonds. The van der Waals surface area contributed by atoms with Crippen molar-refractivity contribution in [3.63, 3.8) is 0 Å². The summed E-state index contributed by atoms with van der Waals surface area (Å²) in [5.74, 6) is 1.81. The molecule has 6 heteroatoms. The van der Waals surface area contributed by atoms with Gasteiger partial charge in [-0.1, -0.05) is 29.8 Å². The van der Waals surface area contributed by atoms with Crippen LogP contribution in [0.5, 0.6) is 0 Å². The molecule has 0 radical (unpaired) electrons. The third-order valence-electron chi connectivity index (χ3n) is 4.97. The molecule has 0 spiro atoms. The van der Waals surface area contributed by atoms with Gasteiger partial charge in [0, 0.05) is 19.4 Å². The second kappa shape index (κ2) is 8.94. The Kier molecular flexibility index (Phi) is 6.39. The summed E-state index contributed by atoms with van der Waals surface area (Å²) >= 11 is 0. The van der Waals surface area contributed by atoms with Gasteiger partial charge in [0.1, 0.15) is 0 Å². The fourth-order valence-electron chi connectivity index (χ4n) is 3.32. The Morgan fingerprint density at radius 3 is 2.69 bits per heavy atom. The first-order chi connectivity index (χ1) is 12.6. The number of aryl methyl sites for hydroxylation is 3. The van der Waals surface area contributed by atoms with Crippen LogP contribution in [0, 0.1) is 6.92 Å². The van der Waals surface area contributed by atoms with Crippen LogP contribution in [-0.2, 0) is 18.3 Å². The Bertz CT molecular complexity index is 716. The fourth-order valence-corrected chi connectivity index (χ4v) is 3.32. The van der Waals surface area contributed by atoms with Crippen LogP contribution in [0.2, 0.25) is 0 Å². The van der Waals surface area contributed by atoms with Crippen molar-refractivity contribution in [1.82, 2.24) is 20.1 Å². The van der Waals surface area contributed by atoms with E-state index in [-0.39, 0.29) is 5.91 Å². The molecule has 0 aliphatic carbocycles. The van der Waals surface area contributed by atoms with Crippen molar-refractivity contribution in [2.45, 2.75) is 51.4 Å². The molecule has 1 saturated heterocycles. The van der Waals surface area contributed by atoms with Gasteiger partial charge in [0.05, 0.1) is 0 Å². The van der Waals surface area contributed by atoms with Crippen molar-refractivity contribution in [2.75, 3.05) is 18.4 Å². The van der Waals surface area contributed by atoms with Gasteiger partial charge >= 0.3 is 0 Å². The predicted molar refractivity (Wildman–Crippen MR) is 103 cm³/mol. The van der Waals surface area contributed by atoms with Crippen LogP contribution >= 0.6 is 0 Å². The molecule has 140 valence electrons. The van der Waals surface area contributed by atoms with Gasteiger partial charge in [-0.15, -0.1) is 0 Å². The van der Waals surface area contributed by atoms with Gasteiger partial charge in [-0.25, -0.2) is 4.68 Å². The molecule has 1 aliphatic heterocycles. The number of benzene rings is 1. The highest BCUT2D eigenvalue weighted by molar-refractivity contribution is 5.88. The number of nitrogens with zero attached hydrogens (tertiary/aromatic N) is 3. The average Bonchev–Trinajstić information content (AvgIpc) is 3.01. The summed E-state index contributed by atoms with van der Waals surface area (Å²) in [5.41, 5.74) is 2.61. The minimum atomic E-state index is 0.0151. The molecule has 1 fully saturated rings. The summed E-state index contributed by atoms with van der Waals surface area (Å²) in [4.78, 5) is 16.8. The Hall–Kier alpha value is -2.21. The number of hydrogen-bond acceptors (Lipinski definition) is 4. The summed E-state index contributed by atoms with van der Waals surface area (Å²) in [6.07, 6.45) is 5.51. The molecule has 2 heterocycles. The van der Waals surface area contributed by atoms with E-state index >= 15 is 0 Å². The molecule has 6 nitrogen and oxygen atoms in total. The highest BCUT2D eigenvalue weighted by atomic mass is 16.1. The first kappa shape index (κ1) is 18.6. The maximum atomic E-state index is 12.2. The Labute approximate surface area is 155 Å².